The number of ether oxygens (including phenoxy) is 2. The van der Waals surface area contributed by atoms with Crippen molar-refractivity contribution in [2.24, 2.45) is 40.1 Å². The van der Waals surface area contributed by atoms with Crippen LogP contribution in [0.2, 0.25) is 0 Å². The second-order valence-electron chi connectivity index (χ2n) is 14.8. The normalized spacial score (nSPS) is 14.1. The number of hydrogen-bond donors (Lipinski definition) is 9. The Morgan fingerprint density at radius 1 is 0.702 bits per heavy atom. The summed E-state index contributed by atoms with van der Waals surface area (Å²) in [6, 6.07) is 2.60. The number of benzene rings is 1. The van der Waals surface area contributed by atoms with Crippen LogP contribution in [0.5, 0.6) is 0 Å². The number of carbonyl (C=O) groups is 7. The van der Waals surface area contributed by atoms with Gasteiger partial charge >= 0.3 is 18.1 Å². The molecule has 7 amide bonds. The number of carbonyl (C=O) groups excluding carboxylic acids is 7. The third-order valence-electron chi connectivity index (χ3n) is 8.85. The number of nitrogens with zero attached hydrogens (tertiary/aromatic N) is 1. The lowest BCUT2D eigenvalue weighted by atomic mass is 9.97. The summed E-state index contributed by atoms with van der Waals surface area (Å²) in [7, 11) is 1.21. The van der Waals surface area contributed by atoms with Gasteiger partial charge in [-0.2, -0.15) is 0 Å². The van der Waals surface area contributed by atoms with E-state index in [1.165, 1.54) is 7.11 Å². The molecule has 11 N–H and O–H groups in total. The molecule has 1 aromatic rings. The van der Waals surface area contributed by atoms with Gasteiger partial charge in [0.25, 0.3) is 5.91 Å². The van der Waals surface area contributed by atoms with Crippen LogP contribution in [0.3, 0.4) is 0 Å². The van der Waals surface area contributed by atoms with Crippen molar-refractivity contribution in [1.82, 2.24) is 37.4 Å². The van der Waals surface area contributed by atoms with E-state index >= 15 is 0 Å². The maximum atomic E-state index is 13.7. The lowest BCUT2D eigenvalue weighted by molar-refractivity contribution is -0.146. The minimum atomic E-state index is -1.17. The molecule has 1 rings (SSSR count). The number of hydrazine groups is 1. The molecule has 19 heteroatoms. The highest BCUT2D eigenvalue weighted by Crippen LogP contribution is 2.12. The van der Waals surface area contributed by atoms with Gasteiger partial charge in [-0.15, -0.1) is 0 Å². The van der Waals surface area contributed by atoms with Crippen molar-refractivity contribution >= 4 is 47.7 Å². The van der Waals surface area contributed by atoms with Gasteiger partial charge in [0.2, 0.25) is 17.7 Å². The molecule has 0 spiro atoms. The van der Waals surface area contributed by atoms with Crippen LogP contribution in [0.15, 0.2) is 35.3 Å². The number of amides is 7. The maximum Gasteiger partial charge on any atom is 0.408 e. The Kier molecular flexibility index (Phi) is 22.1. The molecule has 19 nitrogen and oxygen atoms in total. The molecule has 0 aliphatic heterocycles. The molecule has 0 fully saturated rings. The van der Waals surface area contributed by atoms with Crippen LogP contribution < -0.4 is 48.9 Å². The summed E-state index contributed by atoms with van der Waals surface area (Å²) in [5, 5.41) is 13.1. The first-order valence-corrected chi connectivity index (χ1v) is 19.2. The van der Waals surface area contributed by atoms with Gasteiger partial charge in [-0.25, -0.2) is 19.8 Å². The first kappa shape index (κ1) is 49.4. The first-order valence-electron chi connectivity index (χ1n) is 19.2. The summed E-state index contributed by atoms with van der Waals surface area (Å²) in [5.41, 5.74) is 16.1. The van der Waals surface area contributed by atoms with Gasteiger partial charge in [-0.1, -0.05) is 92.1 Å². The van der Waals surface area contributed by atoms with Crippen molar-refractivity contribution in [3.8, 4) is 0 Å². The predicted octanol–water partition coefficient (Wildman–Crippen LogP) is 1.07. The number of rotatable bonds is 22. The van der Waals surface area contributed by atoms with Gasteiger partial charge in [-0.05, 0) is 48.5 Å². The molecule has 320 valence electrons. The monoisotopic (exact) mass is 804 g/mol. The molecule has 6 atom stereocenters. The molecule has 0 heterocycles. The molecular formula is C38H64N10O9. The van der Waals surface area contributed by atoms with Crippen LogP contribution in [0.1, 0.15) is 86.6 Å². The number of alkyl carbamates (subject to hydrolysis) is 1. The van der Waals surface area contributed by atoms with E-state index in [0.717, 1.165) is 5.56 Å². The van der Waals surface area contributed by atoms with Crippen LogP contribution in [-0.2, 0) is 40.1 Å². The Morgan fingerprint density at radius 3 is 1.84 bits per heavy atom. The quantitative estimate of drug-likeness (QED) is 0.0263. The second-order valence-corrected chi connectivity index (χ2v) is 14.8. The fourth-order valence-electron chi connectivity index (χ4n) is 5.39. The van der Waals surface area contributed by atoms with Gasteiger partial charge in [-0.3, -0.25) is 29.6 Å². The fourth-order valence-corrected chi connectivity index (χ4v) is 5.39. The van der Waals surface area contributed by atoms with E-state index in [2.05, 4.69) is 42.4 Å². The third-order valence-corrected chi connectivity index (χ3v) is 8.85. The molecular weight excluding hydrogens is 740 g/mol. The average molecular weight is 805 g/mol. The Labute approximate surface area is 335 Å². The van der Waals surface area contributed by atoms with Crippen LogP contribution in [-0.4, -0.2) is 91.5 Å². The number of hydrogen-bond acceptors (Lipinski definition) is 10. The fraction of sp³-hybridized carbons (Fsp3) is 0.632. The molecule has 0 aliphatic carbocycles. The van der Waals surface area contributed by atoms with Gasteiger partial charge in [0.1, 0.15) is 36.8 Å². The van der Waals surface area contributed by atoms with Gasteiger partial charge in [0.05, 0.1) is 7.11 Å². The number of esters is 1. The Hall–Kier alpha value is -5.62. The Bertz CT molecular complexity index is 1500. The topological polar surface area (TPSA) is 287 Å². The van der Waals surface area contributed by atoms with Crippen LogP contribution in [0.25, 0.3) is 0 Å². The lowest BCUT2D eigenvalue weighted by Gasteiger charge is -2.28. The van der Waals surface area contributed by atoms with Gasteiger partial charge < -0.3 is 47.5 Å². The zero-order valence-electron chi connectivity index (χ0n) is 34.6. The van der Waals surface area contributed by atoms with Crippen molar-refractivity contribution in [2.75, 3.05) is 13.7 Å². The van der Waals surface area contributed by atoms with Crippen molar-refractivity contribution in [2.45, 2.75) is 118 Å². The summed E-state index contributed by atoms with van der Waals surface area (Å²) >= 11 is 0. The van der Waals surface area contributed by atoms with E-state index in [0.29, 0.717) is 12.8 Å². The molecule has 0 bridgehead atoms. The molecule has 0 radical (unpaired) electrons. The minimum Gasteiger partial charge on any atom is -0.467 e. The zero-order valence-corrected chi connectivity index (χ0v) is 34.6. The largest absolute Gasteiger partial charge is 0.467 e. The second kappa shape index (κ2) is 25.5. The number of nitrogens with one attached hydrogen (secondary N) is 7. The van der Waals surface area contributed by atoms with Crippen LogP contribution >= 0.6 is 0 Å². The number of nitrogens with two attached hydrogens (primary N) is 2. The van der Waals surface area contributed by atoms with Crippen molar-refractivity contribution < 1.29 is 43.0 Å². The van der Waals surface area contributed by atoms with Crippen LogP contribution in [0, 0.1) is 23.7 Å². The maximum absolute atomic E-state index is 13.7. The summed E-state index contributed by atoms with van der Waals surface area (Å²) in [6.07, 6.45) is 0.235. The van der Waals surface area contributed by atoms with Crippen LogP contribution in [0.4, 0.5) is 9.59 Å². The summed E-state index contributed by atoms with van der Waals surface area (Å²) in [5.74, 6) is -4.73. The van der Waals surface area contributed by atoms with E-state index < -0.39 is 77.8 Å². The van der Waals surface area contributed by atoms with E-state index in [4.69, 9.17) is 20.9 Å². The lowest BCUT2D eigenvalue weighted by Crippen LogP contribution is -2.61. The zero-order chi connectivity index (χ0) is 43.2. The van der Waals surface area contributed by atoms with Crippen molar-refractivity contribution in [3.05, 3.63) is 35.9 Å². The highest BCUT2D eigenvalue weighted by molar-refractivity contribution is 5.95. The van der Waals surface area contributed by atoms with E-state index in [-0.39, 0.29) is 49.7 Å². The Morgan fingerprint density at radius 2 is 1.30 bits per heavy atom. The smallest absolute Gasteiger partial charge is 0.408 e. The van der Waals surface area contributed by atoms with E-state index in [1.54, 1.807) is 58.9 Å². The predicted molar refractivity (Wildman–Crippen MR) is 213 cm³/mol. The van der Waals surface area contributed by atoms with E-state index in [9.17, 15) is 33.6 Å². The molecule has 0 aliphatic rings. The molecule has 6 unspecified atom stereocenters. The molecule has 1 aromatic carbocycles. The third kappa shape index (κ3) is 18.7. The first-order chi connectivity index (χ1) is 26.8. The highest BCUT2D eigenvalue weighted by Gasteiger charge is 2.34. The molecule has 0 saturated heterocycles. The number of urea groups is 1. The highest BCUT2D eigenvalue weighted by atomic mass is 16.5. The molecule has 57 heavy (non-hydrogen) atoms. The van der Waals surface area contributed by atoms with E-state index in [1.807, 2.05) is 26.8 Å². The molecule has 0 aromatic heterocycles. The van der Waals surface area contributed by atoms with Gasteiger partial charge in [0, 0.05) is 6.54 Å². The summed E-state index contributed by atoms with van der Waals surface area (Å²) in [4.78, 5) is 95.7. The minimum absolute atomic E-state index is 0.0356. The van der Waals surface area contributed by atoms with Crippen molar-refractivity contribution in [1.29, 1.82) is 0 Å². The van der Waals surface area contributed by atoms with Crippen molar-refractivity contribution in [3.63, 3.8) is 0 Å². The summed E-state index contributed by atoms with van der Waals surface area (Å²) in [6.45, 7) is 14.2. The summed E-state index contributed by atoms with van der Waals surface area (Å²) < 4.78 is 10.1. The number of methoxy groups -OCH3 is 1. The SMILES string of the molecule is CCC(C)C(NC(=O)NNC(=O)C(NC(=O)C(CC(C)C)NC(=O)C(CCCN=C(N)N)NC(=O)OCc1ccccc1)C(C)C)C(=O)NC(C(=O)OC)C(C)C. The Balaban J connectivity index is 3.06. The number of guanidine groups is 1. The molecule has 0 saturated carbocycles. The number of aliphatic imine (C=N–C) groups is 1. The average Bonchev–Trinajstić information content (AvgIpc) is 3.16. The van der Waals surface area contributed by atoms with Gasteiger partial charge in [0.15, 0.2) is 5.96 Å². The standard InChI is InChI=1S/C38H64N10O9/c1-10-24(8)30(33(51)45-29(23(6)7)35(53)56-9)46-37(54)48-47-34(52)28(22(4)5)44-32(50)27(19-21(2)3)42-31(49)26(17-14-18-41-36(39)40)43-38(55)57-20-25-15-12-11-13-16-25/h11-13,15-16,21-24,26-30H,10,14,17-20H2,1-9H3,(H,42,49)(H,43,55)(H,44,50)(H,45,51)(H,47,52)(H4,39,40,41)(H2,46,48,54).